The van der Waals surface area contributed by atoms with E-state index in [1.807, 2.05) is 20.8 Å². The standard InChI is InChI=1S/C72H57N/c1-7-16-55-22-13-28-64(46-55)71(63-27-12-21-54(6)45-63)50-59-33-39-68(40-34-59)73(67-37-31-58(32-38-67)49-70(61-25-10-19-52(4)43-61)62-26-11-20-53(5)44-62)69-41-35-60(36-42-69)51-72(65-29-14-23-56(47-65)17-8-2)66-30-15-24-57(48-66)18-9-3/h10-15,19-51H,1-6H3. The first kappa shape index (κ1) is 48.7. The van der Waals surface area contributed by atoms with E-state index in [4.69, 9.17) is 0 Å². The average Bonchev–Trinajstić information content (AvgIpc) is 3.40. The van der Waals surface area contributed by atoms with Crippen molar-refractivity contribution < 1.29 is 0 Å². The van der Waals surface area contributed by atoms with Gasteiger partial charge in [-0.3, -0.25) is 0 Å². The monoisotopic (exact) mass is 935 g/mol. The molecule has 1 nitrogen and oxygen atoms in total. The summed E-state index contributed by atoms with van der Waals surface area (Å²) in [6, 6.07) is 78.4. The maximum atomic E-state index is 3.25. The molecule has 0 N–H and O–H groups in total. The number of hydrogen-bond acceptors (Lipinski definition) is 1. The molecule has 0 aliphatic carbocycles. The third kappa shape index (κ3) is 12.2. The highest BCUT2D eigenvalue weighted by Crippen LogP contribution is 2.38. The molecule has 0 saturated heterocycles. The van der Waals surface area contributed by atoms with Crippen molar-refractivity contribution in [1.29, 1.82) is 0 Å². The van der Waals surface area contributed by atoms with Gasteiger partial charge in [-0.25, -0.2) is 0 Å². The second kappa shape index (κ2) is 23.1. The molecule has 0 atom stereocenters. The summed E-state index contributed by atoms with van der Waals surface area (Å²) in [6.07, 6.45) is 6.86. The number of anilines is 3. The van der Waals surface area contributed by atoms with Crippen molar-refractivity contribution in [3.05, 3.63) is 302 Å². The van der Waals surface area contributed by atoms with Crippen molar-refractivity contribution in [2.24, 2.45) is 0 Å². The molecule has 0 aromatic heterocycles. The summed E-state index contributed by atoms with van der Waals surface area (Å²) in [5, 5.41) is 0. The maximum absolute atomic E-state index is 3.25. The molecule has 350 valence electrons. The molecule has 0 saturated carbocycles. The molecule has 0 amide bonds. The molecule has 0 bridgehead atoms. The number of hydrogen-bond donors (Lipinski definition) is 0. The summed E-state index contributed by atoms with van der Waals surface area (Å²) in [6.45, 7) is 12.1. The smallest absolute Gasteiger partial charge is 0.0462 e. The summed E-state index contributed by atoms with van der Waals surface area (Å²) >= 11 is 0. The molecule has 9 aromatic rings. The van der Waals surface area contributed by atoms with Gasteiger partial charge in [0.1, 0.15) is 0 Å². The van der Waals surface area contributed by atoms with Crippen molar-refractivity contribution in [2.45, 2.75) is 41.5 Å². The molecule has 9 rings (SSSR count). The van der Waals surface area contributed by atoms with E-state index in [1.54, 1.807) is 0 Å². The largest absolute Gasteiger partial charge is 0.311 e. The van der Waals surface area contributed by atoms with Gasteiger partial charge in [-0.05, 0) is 199 Å². The van der Waals surface area contributed by atoms with Crippen LogP contribution in [-0.4, -0.2) is 0 Å². The SMILES string of the molecule is CC#Cc1cccc(C(=Cc2ccc(N(c3ccc(C=C(c4cccc(C)c4)c4cccc(C)c4)cc3)c3ccc(C=C(c4cccc(C#CC)c4)c4cccc(C#CC)c4)cc3)cc2)c2cccc(C)c2)c1. The summed E-state index contributed by atoms with van der Waals surface area (Å²) < 4.78 is 0. The van der Waals surface area contributed by atoms with Crippen LogP contribution in [0.1, 0.15) is 104 Å². The van der Waals surface area contributed by atoms with Crippen LogP contribution >= 0.6 is 0 Å². The predicted molar refractivity (Wildman–Crippen MR) is 313 cm³/mol. The zero-order chi connectivity index (χ0) is 50.5. The van der Waals surface area contributed by atoms with Gasteiger partial charge in [-0.1, -0.05) is 180 Å². The number of rotatable bonds is 12. The fourth-order valence-electron chi connectivity index (χ4n) is 9.27. The minimum atomic E-state index is 0.980. The van der Waals surface area contributed by atoms with Gasteiger partial charge in [0.15, 0.2) is 0 Å². The lowest BCUT2D eigenvalue weighted by Crippen LogP contribution is -2.09. The predicted octanol–water partition coefficient (Wildman–Crippen LogP) is 18.0. The Morgan fingerprint density at radius 3 is 0.795 bits per heavy atom. The van der Waals surface area contributed by atoms with Crippen LogP contribution in [-0.2, 0) is 0 Å². The van der Waals surface area contributed by atoms with E-state index in [1.165, 1.54) is 33.4 Å². The van der Waals surface area contributed by atoms with Gasteiger partial charge in [0.2, 0.25) is 0 Å². The normalized spacial score (nSPS) is 10.6. The molecular weight excluding hydrogens is 879 g/mol. The van der Waals surface area contributed by atoms with Crippen LogP contribution in [0.5, 0.6) is 0 Å². The highest BCUT2D eigenvalue weighted by Gasteiger charge is 2.15. The van der Waals surface area contributed by atoms with Crippen LogP contribution in [0, 0.1) is 56.3 Å². The second-order valence-corrected chi connectivity index (χ2v) is 18.3. The Morgan fingerprint density at radius 2 is 0.548 bits per heavy atom. The first-order chi connectivity index (χ1) is 35.7. The summed E-state index contributed by atoms with van der Waals surface area (Å²) in [4.78, 5) is 2.34. The molecular formula is C72H57N. The van der Waals surface area contributed by atoms with Gasteiger partial charge in [-0.15, -0.1) is 17.8 Å². The molecule has 1 heteroatoms. The first-order valence-electron chi connectivity index (χ1n) is 24.8. The lowest BCUT2D eigenvalue weighted by atomic mass is 9.93. The van der Waals surface area contributed by atoms with Crippen LogP contribution in [0.25, 0.3) is 34.9 Å². The molecule has 0 spiro atoms. The van der Waals surface area contributed by atoms with Crippen molar-refractivity contribution in [2.75, 3.05) is 4.90 Å². The van der Waals surface area contributed by atoms with Crippen LogP contribution in [0.3, 0.4) is 0 Å². The Bertz CT molecular complexity index is 3620. The van der Waals surface area contributed by atoms with E-state index >= 15 is 0 Å². The number of aryl methyl sites for hydroxylation is 3. The van der Waals surface area contributed by atoms with Crippen molar-refractivity contribution in [3.8, 4) is 35.5 Å². The van der Waals surface area contributed by atoms with E-state index in [-0.39, 0.29) is 0 Å². The minimum Gasteiger partial charge on any atom is -0.311 e. The van der Waals surface area contributed by atoms with E-state index in [9.17, 15) is 0 Å². The lowest BCUT2D eigenvalue weighted by molar-refractivity contribution is 1.28. The summed E-state index contributed by atoms with van der Waals surface area (Å²) in [5.41, 5.74) is 23.4. The van der Waals surface area contributed by atoms with E-state index in [0.29, 0.717) is 0 Å². The van der Waals surface area contributed by atoms with Crippen LogP contribution < -0.4 is 4.90 Å². The van der Waals surface area contributed by atoms with Gasteiger partial charge in [0, 0.05) is 33.8 Å². The van der Waals surface area contributed by atoms with Crippen LogP contribution in [0.15, 0.2) is 218 Å². The Balaban J connectivity index is 1.14. The Kier molecular flexibility index (Phi) is 15.4. The van der Waals surface area contributed by atoms with E-state index in [2.05, 4.69) is 298 Å². The molecule has 0 radical (unpaired) electrons. The first-order valence-corrected chi connectivity index (χ1v) is 24.8. The topological polar surface area (TPSA) is 3.24 Å². The lowest BCUT2D eigenvalue weighted by Gasteiger charge is -2.26. The van der Waals surface area contributed by atoms with Crippen molar-refractivity contribution in [3.63, 3.8) is 0 Å². The Labute approximate surface area is 433 Å². The Hall–Kier alpha value is -9.32. The number of nitrogens with zero attached hydrogens (tertiary/aromatic N) is 1. The van der Waals surface area contributed by atoms with Gasteiger partial charge in [0.25, 0.3) is 0 Å². The molecule has 73 heavy (non-hydrogen) atoms. The Morgan fingerprint density at radius 1 is 0.301 bits per heavy atom. The van der Waals surface area contributed by atoms with Crippen LogP contribution in [0.2, 0.25) is 0 Å². The van der Waals surface area contributed by atoms with E-state index in [0.717, 1.165) is 83.8 Å². The highest BCUT2D eigenvalue weighted by molar-refractivity contribution is 5.95. The average molecular weight is 936 g/mol. The van der Waals surface area contributed by atoms with Gasteiger partial charge >= 0.3 is 0 Å². The molecule has 0 heterocycles. The molecule has 0 aliphatic rings. The molecule has 9 aromatic carbocycles. The highest BCUT2D eigenvalue weighted by atomic mass is 15.1. The van der Waals surface area contributed by atoms with Gasteiger partial charge < -0.3 is 4.90 Å². The van der Waals surface area contributed by atoms with Gasteiger partial charge in [-0.2, -0.15) is 0 Å². The number of benzene rings is 9. The summed E-state index contributed by atoms with van der Waals surface area (Å²) in [5.74, 6) is 19.0. The molecule has 0 aliphatic heterocycles. The van der Waals surface area contributed by atoms with Crippen LogP contribution in [0.4, 0.5) is 17.1 Å². The third-order valence-corrected chi connectivity index (χ3v) is 12.7. The molecule has 0 unspecified atom stereocenters. The zero-order valence-electron chi connectivity index (χ0n) is 42.5. The zero-order valence-corrected chi connectivity index (χ0v) is 42.5. The quantitative estimate of drug-likeness (QED) is 0.0871. The van der Waals surface area contributed by atoms with Crippen molar-refractivity contribution >= 4 is 52.0 Å². The summed E-state index contributed by atoms with van der Waals surface area (Å²) in [7, 11) is 0. The van der Waals surface area contributed by atoms with Crippen molar-refractivity contribution in [1.82, 2.24) is 0 Å². The second-order valence-electron chi connectivity index (χ2n) is 18.3. The fraction of sp³-hybridized carbons (Fsp3) is 0.0833. The molecule has 0 fully saturated rings. The van der Waals surface area contributed by atoms with Gasteiger partial charge in [0.05, 0.1) is 0 Å². The van der Waals surface area contributed by atoms with E-state index < -0.39 is 0 Å². The fourth-order valence-corrected chi connectivity index (χ4v) is 9.27. The third-order valence-electron chi connectivity index (χ3n) is 12.7. The minimum absolute atomic E-state index is 0.980. The maximum Gasteiger partial charge on any atom is 0.0462 e.